The van der Waals surface area contributed by atoms with Crippen LogP contribution in [-0.2, 0) is 10.4 Å². The van der Waals surface area contributed by atoms with Crippen molar-refractivity contribution in [2.75, 3.05) is 0 Å². The molecule has 0 saturated heterocycles. The van der Waals surface area contributed by atoms with Crippen molar-refractivity contribution in [2.45, 2.75) is 13.8 Å². The molecular weight excluding hydrogens is 342 g/mol. The molecule has 7 heteroatoms. The van der Waals surface area contributed by atoms with Gasteiger partial charge in [0, 0.05) is 11.1 Å². The van der Waals surface area contributed by atoms with Gasteiger partial charge in [0.2, 0.25) is 0 Å². The molecule has 2 aromatic carbocycles. The van der Waals surface area contributed by atoms with Gasteiger partial charge in [-0.15, -0.1) is 0 Å². The van der Waals surface area contributed by atoms with Gasteiger partial charge in [-0.25, -0.2) is 0 Å². The van der Waals surface area contributed by atoms with Crippen LogP contribution in [-0.4, -0.2) is 17.5 Å². The van der Waals surface area contributed by atoms with Crippen molar-refractivity contribution in [2.24, 2.45) is 0 Å². The van der Waals surface area contributed by atoms with Crippen molar-refractivity contribution in [1.82, 2.24) is 6.15 Å². The molecule has 0 amide bonds. The maximum absolute atomic E-state index is 8.74. The lowest BCUT2D eigenvalue weighted by Gasteiger charge is -2.11. The summed E-state index contributed by atoms with van der Waals surface area (Å²) in [5, 5.41) is 0. The van der Waals surface area contributed by atoms with Crippen LogP contribution in [0.15, 0.2) is 60.7 Å². The summed E-state index contributed by atoms with van der Waals surface area (Å²) in [5.41, 5.74) is 2.17. The maximum Gasteiger partial charge on any atom is 0.394 e. The molecule has 5 N–H and O–H groups in total. The molecule has 0 bridgehead atoms. The van der Waals surface area contributed by atoms with E-state index in [1.54, 1.807) is 0 Å². The van der Waals surface area contributed by atoms with E-state index in [1.807, 2.05) is 86.7 Å². The van der Waals surface area contributed by atoms with Gasteiger partial charge >= 0.3 is 10.4 Å². The predicted octanol–water partition coefficient (Wildman–Crippen LogP) is 5.05. The van der Waals surface area contributed by atoms with Crippen LogP contribution >= 0.6 is 0 Å². The number of ether oxygens (including phenoxy) is 1. The van der Waals surface area contributed by atoms with Gasteiger partial charge < -0.3 is 10.9 Å². The second-order valence-corrected chi connectivity index (χ2v) is 5.52. The molecule has 0 unspecified atom stereocenters. The molecule has 0 aliphatic rings. The second kappa shape index (κ2) is 11.2. The standard InChI is InChI=1S/C18H18O.H3N.H2O4S/c1-3-9-15-11-5-7-13-17(15)19-18-14-8-6-12-16(18)10-4-2;;1-5(2,3)4/h3-14H,1-2H3;1H3;(H2,1,2,3,4). The minimum Gasteiger partial charge on any atom is -0.456 e. The van der Waals surface area contributed by atoms with Crippen LogP contribution in [0.4, 0.5) is 0 Å². The molecule has 136 valence electrons. The quantitative estimate of drug-likeness (QED) is 0.652. The van der Waals surface area contributed by atoms with E-state index in [0.717, 1.165) is 22.6 Å². The highest BCUT2D eigenvalue weighted by molar-refractivity contribution is 7.79. The summed E-state index contributed by atoms with van der Waals surface area (Å²) in [6.45, 7) is 4.01. The normalized spacial score (nSPS) is 10.9. The summed E-state index contributed by atoms with van der Waals surface area (Å²) in [4.78, 5) is 0. The molecule has 0 aliphatic heterocycles. The molecule has 6 nitrogen and oxygen atoms in total. The van der Waals surface area contributed by atoms with Crippen LogP contribution in [0.5, 0.6) is 11.5 Å². The molecule has 2 aromatic rings. The second-order valence-electron chi connectivity index (χ2n) is 4.63. The van der Waals surface area contributed by atoms with E-state index < -0.39 is 10.4 Å². The van der Waals surface area contributed by atoms with Gasteiger partial charge in [0.1, 0.15) is 11.5 Å². The monoisotopic (exact) mass is 365 g/mol. The number of hydrogen-bond donors (Lipinski definition) is 3. The lowest BCUT2D eigenvalue weighted by Crippen LogP contribution is -1.89. The predicted molar refractivity (Wildman–Crippen MR) is 102 cm³/mol. The summed E-state index contributed by atoms with van der Waals surface area (Å²) in [6.07, 6.45) is 8.13. The SMILES string of the molecule is CC=Cc1ccccc1Oc1ccccc1C=CC.N.O=S(=O)(O)O. The van der Waals surface area contributed by atoms with Crippen molar-refractivity contribution in [3.63, 3.8) is 0 Å². The first-order valence-electron chi connectivity index (χ1n) is 7.16. The Morgan fingerprint density at radius 1 is 0.800 bits per heavy atom. The van der Waals surface area contributed by atoms with Gasteiger partial charge in [-0.2, -0.15) is 8.42 Å². The zero-order chi connectivity index (χ0) is 18.0. The largest absolute Gasteiger partial charge is 0.456 e. The first-order valence-corrected chi connectivity index (χ1v) is 8.56. The van der Waals surface area contributed by atoms with Crippen molar-refractivity contribution in [3.05, 3.63) is 71.8 Å². The van der Waals surface area contributed by atoms with Crippen LogP contribution in [0.3, 0.4) is 0 Å². The van der Waals surface area contributed by atoms with Crippen molar-refractivity contribution >= 4 is 22.6 Å². The summed E-state index contributed by atoms with van der Waals surface area (Å²) < 4.78 is 37.6. The van der Waals surface area contributed by atoms with Crippen LogP contribution in [0.1, 0.15) is 25.0 Å². The fourth-order valence-electron chi connectivity index (χ4n) is 1.90. The van der Waals surface area contributed by atoms with Crippen LogP contribution in [0, 0.1) is 0 Å². The highest BCUT2D eigenvalue weighted by Crippen LogP contribution is 2.29. The Bertz CT molecular complexity index is 752. The van der Waals surface area contributed by atoms with Gasteiger partial charge in [0.15, 0.2) is 0 Å². The average molecular weight is 365 g/mol. The van der Waals surface area contributed by atoms with Gasteiger partial charge in [0.05, 0.1) is 0 Å². The summed E-state index contributed by atoms with van der Waals surface area (Å²) in [6, 6.07) is 16.1. The first kappa shape index (κ1) is 22.6. The highest BCUT2D eigenvalue weighted by atomic mass is 32.3. The Morgan fingerprint density at radius 2 is 1.12 bits per heavy atom. The lowest BCUT2D eigenvalue weighted by atomic mass is 10.1. The van der Waals surface area contributed by atoms with E-state index in [1.165, 1.54) is 0 Å². The van der Waals surface area contributed by atoms with Gasteiger partial charge in [-0.3, -0.25) is 9.11 Å². The van der Waals surface area contributed by atoms with Gasteiger partial charge in [0.25, 0.3) is 0 Å². The van der Waals surface area contributed by atoms with Crippen LogP contribution < -0.4 is 10.9 Å². The zero-order valence-corrected chi connectivity index (χ0v) is 15.0. The molecule has 25 heavy (non-hydrogen) atoms. The minimum absolute atomic E-state index is 0. The molecule has 0 aromatic heterocycles. The molecule has 0 atom stereocenters. The first-order chi connectivity index (χ1) is 11.3. The molecule has 0 aliphatic carbocycles. The number of rotatable bonds is 4. The van der Waals surface area contributed by atoms with Gasteiger partial charge in [-0.1, -0.05) is 60.7 Å². The van der Waals surface area contributed by atoms with Crippen LogP contribution in [0.2, 0.25) is 0 Å². The summed E-state index contributed by atoms with van der Waals surface area (Å²) in [5.74, 6) is 1.75. The van der Waals surface area contributed by atoms with Crippen molar-refractivity contribution in [1.29, 1.82) is 0 Å². The fraction of sp³-hybridized carbons (Fsp3) is 0.111. The Labute approximate surface area is 148 Å². The van der Waals surface area contributed by atoms with E-state index >= 15 is 0 Å². The fourth-order valence-corrected chi connectivity index (χ4v) is 1.90. The van der Waals surface area contributed by atoms with Gasteiger partial charge in [-0.05, 0) is 26.0 Å². The maximum atomic E-state index is 8.74. The molecule has 0 spiro atoms. The molecule has 0 fully saturated rings. The summed E-state index contributed by atoms with van der Waals surface area (Å²) in [7, 11) is -4.67. The number of hydrogen-bond acceptors (Lipinski definition) is 4. The topological polar surface area (TPSA) is 119 Å². The minimum atomic E-state index is -4.67. The Kier molecular flexibility index (Phi) is 10.1. The van der Waals surface area contributed by atoms with Crippen molar-refractivity contribution in [3.8, 4) is 11.5 Å². The van der Waals surface area contributed by atoms with Crippen LogP contribution in [0.25, 0.3) is 12.2 Å². The average Bonchev–Trinajstić information content (AvgIpc) is 2.50. The Hall–Kier alpha value is -2.45. The molecule has 0 radical (unpaired) electrons. The zero-order valence-electron chi connectivity index (χ0n) is 14.2. The number of para-hydroxylation sites is 2. The molecule has 0 saturated carbocycles. The van der Waals surface area contributed by atoms with Crippen molar-refractivity contribution < 1.29 is 22.3 Å². The third-order valence-corrected chi connectivity index (χ3v) is 2.75. The van der Waals surface area contributed by atoms with E-state index in [4.69, 9.17) is 22.3 Å². The van der Waals surface area contributed by atoms with E-state index in [0.29, 0.717) is 0 Å². The molecular formula is C18H23NO5S. The molecule has 0 heterocycles. The smallest absolute Gasteiger partial charge is 0.394 e. The third-order valence-electron chi connectivity index (χ3n) is 2.75. The summed E-state index contributed by atoms with van der Waals surface area (Å²) >= 11 is 0. The third kappa shape index (κ3) is 9.43. The lowest BCUT2D eigenvalue weighted by molar-refractivity contribution is 0.381. The van der Waals surface area contributed by atoms with E-state index in [9.17, 15) is 0 Å². The Balaban J connectivity index is 0.000000848. The van der Waals surface area contributed by atoms with E-state index in [2.05, 4.69) is 0 Å². The molecule has 2 rings (SSSR count). The number of allylic oxidation sites excluding steroid dienone is 2. The number of benzene rings is 2. The van der Waals surface area contributed by atoms with E-state index in [-0.39, 0.29) is 6.15 Å². The highest BCUT2D eigenvalue weighted by Gasteiger charge is 2.04. The Morgan fingerprint density at radius 3 is 1.44 bits per heavy atom.